The fourth-order valence-corrected chi connectivity index (χ4v) is 2.20. The van der Waals surface area contributed by atoms with Crippen molar-refractivity contribution in [2.24, 2.45) is 0 Å². The van der Waals surface area contributed by atoms with E-state index in [1.807, 2.05) is 37.4 Å². The molecule has 1 atom stereocenters. The van der Waals surface area contributed by atoms with Crippen LogP contribution in [0, 0.1) is 12.7 Å². The van der Waals surface area contributed by atoms with Crippen LogP contribution in [0.4, 0.5) is 4.39 Å². The summed E-state index contributed by atoms with van der Waals surface area (Å²) in [7, 11) is 1.85. The summed E-state index contributed by atoms with van der Waals surface area (Å²) in [5, 5.41) is 3.86. The van der Waals surface area contributed by atoms with Gasteiger partial charge >= 0.3 is 0 Å². The first-order valence-electron chi connectivity index (χ1n) is 5.80. The smallest absolute Gasteiger partial charge is 0.126 e. The summed E-state index contributed by atoms with van der Waals surface area (Å²) >= 11 is 5.99. The SMILES string of the molecule is CNC(c1cccc(Cl)c1)c1ccc(C)c(F)c1. The maximum Gasteiger partial charge on any atom is 0.126 e. The van der Waals surface area contributed by atoms with E-state index in [2.05, 4.69) is 5.32 Å². The Hall–Kier alpha value is -1.38. The number of hydrogen-bond donors (Lipinski definition) is 1. The summed E-state index contributed by atoms with van der Waals surface area (Å²) in [6.45, 7) is 1.76. The van der Waals surface area contributed by atoms with Crippen molar-refractivity contribution in [1.82, 2.24) is 5.32 Å². The van der Waals surface area contributed by atoms with Gasteiger partial charge in [0.2, 0.25) is 0 Å². The highest BCUT2D eigenvalue weighted by atomic mass is 35.5. The van der Waals surface area contributed by atoms with E-state index in [1.165, 1.54) is 0 Å². The van der Waals surface area contributed by atoms with E-state index in [0.29, 0.717) is 10.6 Å². The molecule has 2 rings (SSSR count). The summed E-state index contributed by atoms with van der Waals surface area (Å²) in [4.78, 5) is 0. The average molecular weight is 264 g/mol. The lowest BCUT2D eigenvalue weighted by molar-refractivity contribution is 0.608. The van der Waals surface area contributed by atoms with Crippen molar-refractivity contribution in [2.75, 3.05) is 7.05 Å². The Kier molecular flexibility index (Phi) is 4.00. The zero-order valence-corrected chi connectivity index (χ0v) is 11.1. The van der Waals surface area contributed by atoms with Gasteiger partial charge in [-0.3, -0.25) is 0 Å². The number of aryl methyl sites for hydroxylation is 1. The number of hydrogen-bond acceptors (Lipinski definition) is 1. The third-order valence-corrected chi connectivity index (χ3v) is 3.24. The zero-order chi connectivity index (χ0) is 13.1. The Morgan fingerprint density at radius 3 is 2.44 bits per heavy atom. The molecular weight excluding hydrogens is 249 g/mol. The average Bonchev–Trinajstić information content (AvgIpc) is 2.35. The van der Waals surface area contributed by atoms with Crippen LogP contribution in [0.15, 0.2) is 42.5 Å². The summed E-state index contributed by atoms with van der Waals surface area (Å²) in [6.07, 6.45) is 0. The molecule has 0 saturated carbocycles. The number of rotatable bonds is 3. The van der Waals surface area contributed by atoms with Crippen molar-refractivity contribution in [3.63, 3.8) is 0 Å². The van der Waals surface area contributed by atoms with Gasteiger partial charge in [-0.05, 0) is 48.9 Å². The molecule has 3 heteroatoms. The molecule has 94 valence electrons. The standard InChI is InChI=1S/C15H15ClFN/c1-10-6-7-12(9-14(10)17)15(18-2)11-4-3-5-13(16)8-11/h3-9,15,18H,1-2H3. The van der Waals surface area contributed by atoms with E-state index in [4.69, 9.17) is 11.6 Å². The van der Waals surface area contributed by atoms with Gasteiger partial charge in [0.05, 0.1) is 6.04 Å². The minimum absolute atomic E-state index is 0.0567. The quantitative estimate of drug-likeness (QED) is 0.879. The number of halogens is 2. The van der Waals surface area contributed by atoms with Crippen LogP contribution in [0.25, 0.3) is 0 Å². The monoisotopic (exact) mass is 263 g/mol. The second-order valence-corrected chi connectivity index (χ2v) is 4.72. The molecule has 1 nitrogen and oxygen atoms in total. The molecule has 0 aliphatic carbocycles. The van der Waals surface area contributed by atoms with Gasteiger partial charge in [0.25, 0.3) is 0 Å². The summed E-state index contributed by atoms with van der Waals surface area (Å²) < 4.78 is 13.6. The van der Waals surface area contributed by atoms with E-state index in [1.54, 1.807) is 19.1 Å². The van der Waals surface area contributed by atoms with Crippen LogP contribution in [-0.4, -0.2) is 7.05 Å². The van der Waals surface area contributed by atoms with Crippen molar-refractivity contribution in [2.45, 2.75) is 13.0 Å². The Bertz CT molecular complexity index is 554. The lowest BCUT2D eigenvalue weighted by Gasteiger charge is -2.18. The lowest BCUT2D eigenvalue weighted by Crippen LogP contribution is -2.17. The molecule has 0 aromatic heterocycles. The Morgan fingerprint density at radius 2 is 1.83 bits per heavy atom. The topological polar surface area (TPSA) is 12.0 Å². The maximum atomic E-state index is 13.6. The first-order valence-corrected chi connectivity index (χ1v) is 6.18. The van der Waals surface area contributed by atoms with Gasteiger partial charge in [-0.25, -0.2) is 4.39 Å². The molecule has 2 aromatic rings. The van der Waals surface area contributed by atoms with E-state index in [9.17, 15) is 4.39 Å². The normalized spacial score (nSPS) is 12.4. The molecule has 18 heavy (non-hydrogen) atoms. The van der Waals surface area contributed by atoms with Crippen molar-refractivity contribution >= 4 is 11.6 Å². The zero-order valence-electron chi connectivity index (χ0n) is 10.4. The van der Waals surface area contributed by atoms with E-state index < -0.39 is 0 Å². The second kappa shape index (κ2) is 5.51. The van der Waals surface area contributed by atoms with Gasteiger partial charge in [0.1, 0.15) is 5.82 Å². The maximum absolute atomic E-state index is 13.6. The van der Waals surface area contributed by atoms with Gasteiger partial charge in [-0.2, -0.15) is 0 Å². The number of benzene rings is 2. The van der Waals surface area contributed by atoms with Crippen LogP contribution in [-0.2, 0) is 0 Å². The molecule has 0 saturated heterocycles. The molecule has 0 amide bonds. The van der Waals surface area contributed by atoms with Crippen LogP contribution >= 0.6 is 11.6 Å². The van der Waals surface area contributed by atoms with Crippen LogP contribution in [0.5, 0.6) is 0 Å². The van der Waals surface area contributed by atoms with Gasteiger partial charge in [-0.15, -0.1) is 0 Å². The van der Waals surface area contributed by atoms with Crippen molar-refractivity contribution < 1.29 is 4.39 Å². The highest BCUT2D eigenvalue weighted by molar-refractivity contribution is 6.30. The molecule has 1 unspecified atom stereocenters. The van der Waals surface area contributed by atoms with Crippen molar-refractivity contribution in [3.8, 4) is 0 Å². The van der Waals surface area contributed by atoms with Crippen LogP contribution in [0.3, 0.4) is 0 Å². The molecule has 0 aliphatic rings. The summed E-state index contributed by atoms with van der Waals surface area (Å²) in [5.41, 5.74) is 2.57. The largest absolute Gasteiger partial charge is 0.309 e. The Balaban J connectivity index is 2.42. The molecule has 0 bridgehead atoms. The lowest BCUT2D eigenvalue weighted by atomic mass is 9.98. The molecule has 0 heterocycles. The van der Waals surface area contributed by atoms with Gasteiger partial charge < -0.3 is 5.32 Å². The summed E-state index contributed by atoms with van der Waals surface area (Å²) in [6, 6.07) is 12.8. The van der Waals surface area contributed by atoms with E-state index in [-0.39, 0.29) is 11.9 Å². The van der Waals surface area contributed by atoms with Crippen molar-refractivity contribution in [1.29, 1.82) is 0 Å². The van der Waals surface area contributed by atoms with Gasteiger partial charge in [0.15, 0.2) is 0 Å². The molecule has 2 aromatic carbocycles. The van der Waals surface area contributed by atoms with Gasteiger partial charge in [-0.1, -0.05) is 35.9 Å². The van der Waals surface area contributed by atoms with Crippen LogP contribution < -0.4 is 5.32 Å². The minimum atomic E-state index is -0.185. The summed E-state index contributed by atoms with van der Waals surface area (Å²) in [5.74, 6) is -0.185. The second-order valence-electron chi connectivity index (χ2n) is 4.29. The van der Waals surface area contributed by atoms with Crippen LogP contribution in [0.1, 0.15) is 22.7 Å². The van der Waals surface area contributed by atoms with Gasteiger partial charge in [0, 0.05) is 5.02 Å². The van der Waals surface area contributed by atoms with E-state index >= 15 is 0 Å². The molecule has 0 aliphatic heterocycles. The molecule has 1 N–H and O–H groups in total. The third kappa shape index (κ3) is 2.71. The molecule has 0 radical (unpaired) electrons. The van der Waals surface area contributed by atoms with Crippen molar-refractivity contribution in [3.05, 3.63) is 70.0 Å². The van der Waals surface area contributed by atoms with E-state index in [0.717, 1.165) is 11.1 Å². The third-order valence-electron chi connectivity index (χ3n) is 3.00. The highest BCUT2D eigenvalue weighted by Gasteiger charge is 2.13. The molecule has 0 fully saturated rings. The molecule has 0 spiro atoms. The highest BCUT2D eigenvalue weighted by Crippen LogP contribution is 2.25. The predicted octanol–water partition coefficient (Wildman–Crippen LogP) is 4.10. The first-order chi connectivity index (χ1) is 8.61. The predicted molar refractivity (Wildman–Crippen MR) is 73.5 cm³/mol. The Labute approximate surface area is 112 Å². The van der Waals surface area contributed by atoms with Crippen LogP contribution in [0.2, 0.25) is 5.02 Å². The number of nitrogens with one attached hydrogen (secondary N) is 1. The fraction of sp³-hybridized carbons (Fsp3) is 0.200. The first kappa shape index (κ1) is 13.1. The Morgan fingerprint density at radius 1 is 1.11 bits per heavy atom. The fourth-order valence-electron chi connectivity index (χ4n) is 2.00. The molecular formula is C15H15ClFN. The minimum Gasteiger partial charge on any atom is -0.309 e.